The van der Waals surface area contributed by atoms with Crippen molar-refractivity contribution in [2.75, 3.05) is 11.1 Å². The maximum absolute atomic E-state index is 12.4. The molecule has 0 saturated carbocycles. The normalized spacial score (nSPS) is 11.1. The van der Waals surface area contributed by atoms with Gasteiger partial charge in [0, 0.05) is 23.0 Å². The van der Waals surface area contributed by atoms with E-state index in [0.29, 0.717) is 17.4 Å². The second kappa shape index (κ2) is 11.3. The molecule has 0 atom stereocenters. The number of nitrogens with zero attached hydrogens (tertiary/aromatic N) is 5. The fraction of sp³-hybridized carbons (Fsp3) is 0.0741. The van der Waals surface area contributed by atoms with E-state index in [1.807, 2.05) is 65.2 Å². The largest absolute Gasteiger partial charge is 0.377 e. The van der Waals surface area contributed by atoms with Crippen molar-refractivity contribution in [1.82, 2.24) is 25.2 Å². The van der Waals surface area contributed by atoms with Gasteiger partial charge >= 0.3 is 0 Å². The minimum atomic E-state index is -0.245. The van der Waals surface area contributed by atoms with Crippen molar-refractivity contribution in [2.45, 2.75) is 11.7 Å². The lowest BCUT2D eigenvalue weighted by Gasteiger charge is -2.12. The number of nitrogens with one attached hydrogen (secondary N) is 2. The molecule has 9 heteroatoms. The summed E-state index contributed by atoms with van der Waals surface area (Å²) in [7, 11) is 0. The van der Waals surface area contributed by atoms with Crippen LogP contribution in [0.5, 0.6) is 0 Å². The van der Waals surface area contributed by atoms with E-state index < -0.39 is 0 Å². The van der Waals surface area contributed by atoms with Crippen LogP contribution in [0, 0.1) is 0 Å². The van der Waals surface area contributed by atoms with Crippen molar-refractivity contribution in [2.24, 2.45) is 5.10 Å². The first-order valence-electron chi connectivity index (χ1n) is 11.3. The van der Waals surface area contributed by atoms with Crippen LogP contribution in [0.4, 0.5) is 5.69 Å². The van der Waals surface area contributed by atoms with Gasteiger partial charge in [-0.3, -0.25) is 14.3 Å². The average Bonchev–Trinajstić information content (AvgIpc) is 3.34. The number of amides is 1. The molecule has 0 saturated heterocycles. The van der Waals surface area contributed by atoms with Crippen LogP contribution in [0.2, 0.25) is 0 Å². The van der Waals surface area contributed by atoms with E-state index in [-0.39, 0.29) is 11.7 Å². The Balaban J connectivity index is 1.30. The van der Waals surface area contributed by atoms with Crippen molar-refractivity contribution in [3.8, 4) is 5.69 Å². The van der Waals surface area contributed by atoms with E-state index in [0.717, 1.165) is 22.6 Å². The van der Waals surface area contributed by atoms with E-state index in [4.69, 9.17) is 0 Å². The molecule has 36 heavy (non-hydrogen) atoms. The van der Waals surface area contributed by atoms with Crippen LogP contribution in [-0.2, 0) is 11.3 Å². The van der Waals surface area contributed by atoms with Crippen LogP contribution in [0.25, 0.3) is 16.5 Å². The minimum Gasteiger partial charge on any atom is -0.377 e. The molecule has 0 radical (unpaired) electrons. The van der Waals surface area contributed by atoms with Gasteiger partial charge in [-0.1, -0.05) is 72.4 Å². The van der Waals surface area contributed by atoms with E-state index in [9.17, 15) is 4.79 Å². The van der Waals surface area contributed by atoms with Gasteiger partial charge in [-0.05, 0) is 35.7 Å². The topological polar surface area (TPSA) is 97.1 Å². The molecule has 1 amide bonds. The molecule has 178 valence electrons. The maximum Gasteiger partial charge on any atom is 0.250 e. The van der Waals surface area contributed by atoms with Gasteiger partial charge in [0.2, 0.25) is 0 Å². The molecular formula is C27H23N7OS. The number of anilines is 1. The Morgan fingerprint density at radius 3 is 2.58 bits per heavy atom. The molecular weight excluding hydrogens is 470 g/mol. The van der Waals surface area contributed by atoms with Crippen LogP contribution < -0.4 is 10.7 Å². The average molecular weight is 494 g/mol. The summed E-state index contributed by atoms with van der Waals surface area (Å²) in [6.07, 6.45) is 3.17. The quantitative estimate of drug-likeness (QED) is 0.176. The standard InChI is InChI=1S/C27H23N7OS/c35-26(32-30-17-21-11-6-7-16-28-21)19-36-27-33-31-25(34(27)22-12-2-1-3-13-22)18-29-24-15-8-10-20-9-4-5-14-23(20)24/h1-17,29H,18-19H2,(H,32,35). The fourth-order valence-corrected chi connectivity index (χ4v) is 4.45. The number of para-hydroxylation sites is 1. The Labute approximate surface area is 212 Å². The number of aromatic nitrogens is 4. The van der Waals surface area contributed by atoms with Crippen molar-refractivity contribution < 1.29 is 4.79 Å². The van der Waals surface area contributed by atoms with Crippen LogP contribution in [0.1, 0.15) is 11.5 Å². The van der Waals surface area contributed by atoms with Crippen molar-refractivity contribution in [3.05, 3.63) is 109 Å². The molecule has 2 aromatic heterocycles. The van der Waals surface area contributed by atoms with E-state index in [1.54, 1.807) is 12.3 Å². The number of fused-ring (bicyclic) bond motifs is 1. The van der Waals surface area contributed by atoms with Crippen LogP contribution in [0.3, 0.4) is 0 Å². The van der Waals surface area contributed by atoms with Gasteiger partial charge in [0.25, 0.3) is 5.91 Å². The molecule has 0 bridgehead atoms. The van der Waals surface area contributed by atoms with Crippen molar-refractivity contribution in [3.63, 3.8) is 0 Å². The van der Waals surface area contributed by atoms with Gasteiger partial charge in [-0.25, -0.2) is 5.43 Å². The molecule has 2 N–H and O–H groups in total. The molecule has 0 aliphatic heterocycles. The Bertz CT molecular complexity index is 1480. The number of pyridine rings is 1. The molecule has 0 fully saturated rings. The second-order valence-corrected chi connectivity index (χ2v) is 8.73. The predicted octanol–water partition coefficient (Wildman–Crippen LogP) is 4.67. The Morgan fingerprint density at radius 1 is 0.917 bits per heavy atom. The lowest BCUT2D eigenvalue weighted by Crippen LogP contribution is -2.20. The molecule has 0 unspecified atom stereocenters. The fourth-order valence-electron chi connectivity index (χ4n) is 3.68. The Hall–Kier alpha value is -4.50. The third kappa shape index (κ3) is 5.59. The van der Waals surface area contributed by atoms with E-state index in [2.05, 4.69) is 55.3 Å². The number of rotatable bonds is 9. The number of hydrogen-bond donors (Lipinski definition) is 2. The molecule has 8 nitrogen and oxygen atoms in total. The number of thioether (sulfide) groups is 1. The number of carbonyl (C=O) groups is 1. The lowest BCUT2D eigenvalue weighted by atomic mass is 10.1. The number of hydrazone groups is 1. The smallest absolute Gasteiger partial charge is 0.250 e. The predicted molar refractivity (Wildman–Crippen MR) is 143 cm³/mol. The van der Waals surface area contributed by atoms with Crippen LogP contribution >= 0.6 is 11.8 Å². The molecule has 5 rings (SSSR count). The van der Waals surface area contributed by atoms with Crippen LogP contribution in [-0.4, -0.2) is 37.6 Å². The first kappa shape index (κ1) is 23.3. The molecule has 2 heterocycles. The summed E-state index contributed by atoms with van der Waals surface area (Å²) in [5, 5.41) is 19.2. The first-order chi connectivity index (χ1) is 17.8. The zero-order chi connectivity index (χ0) is 24.6. The monoisotopic (exact) mass is 493 g/mol. The van der Waals surface area contributed by atoms with Gasteiger partial charge in [-0.2, -0.15) is 5.10 Å². The van der Waals surface area contributed by atoms with Gasteiger partial charge < -0.3 is 5.32 Å². The van der Waals surface area contributed by atoms with E-state index in [1.165, 1.54) is 23.4 Å². The summed E-state index contributed by atoms with van der Waals surface area (Å²) in [4.78, 5) is 16.5. The molecule has 0 aliphatic rings. The summed E-state index contributed by atoms with van der Waals surface area (Å²) in [5.74, 6) is 0.636. The highest BCUT2D eigenvalue weighted by Crippen LogP contribution is 2.25. The molecule has 0 spiro atoms. The van der Waals surface area contributed by atoms with Crippen molar-refractivity contribution in [1.29, 1.82) is 0 Å². The summed E-state index contributed by atoms with van der Waals surface area (Å²) < 4.78 is 1.97. The lowest BCUT2D eigenvalue weighted by molar-refractivity contribution is -0.118. The zero-order valence-corrected chi connectivity index (χ0v) is 20.1. The highest BCUT2D eigenvalue weighted by molar-refractivity contribution is 7.99. The Kier molecular flexibility index (Phi) is 7.29. The van der Waals surface area contributed by atoms with Gasteiger partial charge in [0.1, 0.15) is 0 Å². The highest BCUT2D eigenvalue weighted by Gasteiger charge is 2.16. The zero-order valence-electron chi connectivity index (χ0n) is 19.3. The summed E-state index contributed by atoms with van der Waals surface area (Å²) in [6.45, 7) is 0.469. The van der Waals surface area contributed by atoms with Crippen LogP contribution in [0.15, 0.2) is 107 Å². The maximum atomic E-state index is 12.4. The van der Waals surface area contributed by atoms with Gasteiger partial charge in [0.15, 0.2) is 11.0 Å². The SMILES string of the molecule is O=C(CSc1nnc(CNc2cccc3ccccc23)n1-c1ccccc1)NN=Cc1ccccn1. The molecule has 5 aromatic rings. The summed E-state index contributed by atoms with van der Waals surface area (Å²) in [5.41, 5.74) is 5.14. The third-order valence-electron chi connectivity index (χ3n) is 5.35. The second-order valence-electron chi connectivity index (χ2n) is 7.79. The van der Waals surface area contributed by atoms with Gasteiger partial charge in [0.05, 0.1) is 24.2 Å². The molecule has 0 aliphatic carbocycles. The van der Waals surface area contributed by atoms with E-state index >= 15 is 0 Å². The van der Waals surface area contributed by atoms with Gasteiger partial charge in [-0.15, -0.1) is 10.2 Å². The Morgan fingerprint density at radius 2 is 1.72 bits per heavy atom. The number of benzene rings is 3. The van der Waals surface area contributed by atoms with Crippen molar-refractivity contribution >= 4 is 40.3 Å². The third-order valence-corrected chi connectivity index (χ3v) is 6.28. The first-order valence-corrected chi connectivity index (χ1v) is 12.3. The number of carbonyl (C=O) groups excluding carboxylic acids is 1. The molecule has 3 aromatic carbocycles. The summed E-state index contributed by atoms with van der Waals surface area (Å²) in [6, 6.07) is 29.8. The highest BCUT2D eigenvalue weighted by atomic mass is 32.2. The summed E-state index contributed by atoms with van der Waals surface area (Å²) >= 11 is 1.30. The number of hydrogen-bond acceptors (Lipinski definition) is 7. The minimum absolute atomic E-state index is 0.140.